The predicted octanol–water partition coefficient (Wildman–Crippen LogP) is 2.59. The maximum atomic E-state index is 10.1. The Bertz CT molecular complexity index is 449. The van der Waals surface area contributed by atoms with Gasteiger partial charge in [0.05, 0.1) is 17.7 Å². The number of hydrogen-bond acceptors (Lipinski definition) is 3. The predicted molar refractivity (Wildman–Crippen MR) is 75.4 cm³/mol. The summed E-state index contributed by atoms with van der Waals surface area (Å²) >= 11 is 0. The van der Waals surface area contributed by atoms with E-state index in [2.05, 4.69) is 18.3 Å². The Hall–Kier alpha value is -1.37. The summed E-state index contributed by atoms with van der Waals surface area (Å²) in [4.78, 5) is 0. The smallest absolute Gasteiger partial charge is 0.0991 e. The summed E-state index contributed by atoms with van der Waals surface area (Å²) in [6.45, 7) is 3.80. The number of aliphatic hydroxyl groups is 1. The van der Waals surface area contributed by atoms with Gasteiger partial charge in [0.15, 0.2) is 0 Å². The molecule has 0 aliphatic heterocycles. The Kier molecular flexibility index (Phi) is 4.57. The molecule has 2 N–H and O–H groups in total. The van der Waals surface area contributed by atoms with Crippen molar-refractivity contribution in [3.8, 4) is 6.07 Å². The maximum absolute atomic E-state index is 10.1. The van der Waals surface area contributed by atoms with Gasteiger partial charge in [0.25, 0.3) is 0 Å². The highest BCUT2D eigenvalue weighted by molar-refractivity contribution is 5.31. The van der Waals surface area contributed by atoms with Crippen molar-refractivity contribution >= 4 is 0 Å². The standard InChI is InChI=1S/C16H22N2O/c1-16(9-3-2-4-15(16)19)12-18-11-14-7-5-13(10-17)6-8-14/h5-8,15,18-19H,2-4,9,11-12H2,1H3. The summed E-state index contributed by atoms with van der Waals surface area (Å²) in [6, 6.07) is 9.76. The van der Waals surface area contributed by atoms with E-state index in [0.29, 0.717) is 5.56 Å². The molecular weight excluding hydrogens is 236 g/mol. The first-order valence-corrected chi connectivity index (χ1v) is 7.02. The van der Waals surface area contributed by atoms with Gasteiger partial charge in [-0.15, -0.1) is 0 Å². The third kappa shape index (κ3) is 3.56. The first-order valence-electron chi connectivity index (χ1n) is 7.02. The molecule has 1 fully saturated rings. The molecule has 102 valence electrons. The van der Waals surface area contributed by atoms with E-state index < -0.39 is 0 Å². The molecule has 1 aliphatic rings. The molecule has 0 heterocycles. The molecule has 0 bridgehead atoms. The SMILES string of the molecule is CC1(CNCc2ccc(C#N)cc2)CCCCC1O. The minimum atomic E-state index is -0.185. The number of rotatable bonds is 4. The second-order valence-electron chi connectivity index (χ2n) is 5.83. The molecular formula is C16H22N2O. The molecule has 19 heavy (non-hydrogen) atoms. The lowest BCUT2D eigenvalue weighted by atomic mass is 9.73. The number of benzene rings is 1. The third-order valence-corrected chi connectivity index (χ3v) is 4.22. The van der Waals surface area contributed by atoms with Crippen LogP contribution in [0.3, 0.4) is 0 Å². The second-order valence-corrected chi connectivity index (χ2v) is 5.83. The summed E-state index contributed by atoms with van der Waals surface area (Å²) in [5.41, 5.74) is 1.87. The lowest BCUT2D eigenvalue weighted by Gasteiger charge is -2.38. The lowest BCUT2D eigenvalue weighted by molar-refractivity contribution is 0.00115. The monoisotopic (exact) mass is 258 g/mol. The fraction of sp³-hybridized carbons (Fsp3) is 0.562. The van der Waals surface area contributed by atoms with E-state index >= 15 is 0 Å². The molecule has 3 nitrogen and oxygen atoms in total. The molecule has 1 aliphatic carbocycles. The topological polar surface area (TPSA) is 56.0 Å². The van der Waals surface area contributed by atoms with Crippen LogP contribution in [0.5, 0.6) is 0 Å². The van der Waals surface area contributed by atoms with Crippen LogP contribution in [0.4, 0.5) is 0 Å². The van der Waals surface area contributed by atoms with Gasteiger partial charge in [0.2, 0.25) is 0 Å². The van der Waals surface area contributed by atoms with E-state index in [-0.39, 0.29) is 11.5 Å². The van der Waals surface area contributed by atoms with Gasteiger partial charge in [0.1, 0.15) is 0 Å². The zero-order valence-corrected chi connectivity index (χ0v) is 11.5. The van der Waals surface area contributed by atoms with E-state index in [1.165, 1.54) is 12.0 Å². The van der Waals surface area contributed by atoms with Gasteiger partial charge in [-0.25, -0.2) is 0 Å². The summed E-state index contributed by atoms with van der Waals surface area (Å²) in [5, 5.41) is 22.3. The zero-order chi connectivity index (χ0) is 13.7. The van der Waals surface area contributed by atoms with Gasteiger partial charge < -0.3 is 10.4 Å². The molecule has 0 saturated heterocycles. The molecule has 2 unspecified atom stereocenters. The Morgan fingerprint density at radius 3 is 2.74 bits per heavy atom. The first-order chi connectivity index (χ1) is 9.14. The van der Waals surface area contributed by atoms with E-state index in [1.54, 1.807) is 0 Å². The third-order valence-electron chi connectivity index (χ3n) is 4.22. The Morgan fingerprint density at radius 1 is 1.37 bits per heavy atom. The fourth-order valence-electron chi connectivity index (χ4n) is 2.78. The van der Waals surface area contributed by atoms with Crippen LogP contribution in [0.2, 0.25) is 0 Å². The van der Waals surface area contributed by atoms with E-state index in [0.717, 1.165) is 32.4 Å². The van der Waals surface area contributed by atoms with Crippen LogP contribution in [0.15, 0.2) is 24.3 Å². The maximum Gasteiger partial charge on any atom is 0.0991 e. The van der Waals surface area contributed by atoms with Crippen molar-refractivity contribution < 1.29 is 5.11 Å². The molecule has 0 aromatic heterocycles. The number of nitrogens with one attached hydrogen (secondary N) is 1. The molecule has 1 aromatic rings. The average molecular weight is 258 g/mol. The second kappa shape index (κ2) is 6.18. The van der Waals surface area contributed by atoms with Crippen LogP contribution in [0, 0.1) is 16.7 Å². The molecule has 1 aromatic carbocycles. The molecule has 2 atom stereocenters. The normalized spacial score (nSPS) is 26.9. The van der Waals surface area contributed by atoms with Crippen LogP contribution in [0.25, 0.3) is 0 Å². The van der Waals surface area contributed by atoms with Crippen molar-refractivity contribution in [1.29, 1.82) is 5.26 Å². The number of aliphatic hydroxyl groups excluding tert-OH is 1. The van der Waals surface area contributed by atoms with Crippen molar-refractivity contribution in [2.45, 2.75) is 45.3 Å². The molecule has 0 spiro atoms. The van der Waals surface area contributed by atoms with Crippen molar-refractivity contribution in [3.05, 3.63) is 35.4 Å². The van der Waals surface area contributed by atoms with Crippen LogP contribution in [-0.2, 0) is 6.54 Å². The van der Waals surface area contributed by atoms with Crippen LogP contribution in [0.1, 0.15) is 43.7 Å². The Morgan fingerprint density at radius 2 is 2.11 bits per heavy atom. The van der Waals surface area contributed by atoms with Gasteiger partial charge >= 0.3 is 0 Å². The van der Waals surface area contributed by atoms with Crippen LogP contribution < -0.4 is 5.32 Å². The number of nitriles is 1. The highest BCUT2D eigenvalue weighted by Gasteiger charge is 2.34. The zero-order valence-electron chi connectivity index (χ0n) is 11.5. The fourth-order valence-corrected chi connectivity index (χ4v) is 2.78. The van der Waals surface area contributed by atoms with Crippen molar-refractivity contribution in [2.75, 3.05) is 6.54 Å². The van der Waals surface area contributed by atoms with Crippen LogP contribution >= 0.6 is 0 Å². The molecule has 2 rings (SSSR count). The van der Waals surface area contributed by atoms with Gasteiger partial charge in [-0.2, -0.15) is 5.26 Å². The van der Waals surface area contributed by atoms with Gasteiger partial charge in [-0.1, -0.05) is 31.9 Å². The summed E-state index contributed by atoms with van der Waals surface area (Å²) < 4.78 is 0. The average Bonchev–Trinajstić information content (AvgIpc) is 2.43. The highest BCUT2D eigenvalue weighted by atomic mass is 16.3. The van der Waals surface area contributed by atoms with Gasteiger partial charge in [-0.05, 0) is 30.5 Å². The largest absolute Gasteiger partial charge is 0.393 e. The lowest BCUT2D eigenvalue weighted by Crippen LogP contribution is -2.43. The Labute approximate surface area is 115 Å². The molecule has 3 heteroatoms. The van der Waals surface area contributed by atoms with Crippen molar-refractivity contribution in [1.82, 2.24) is 5.32 Å². The van der Waals surface area contributed by atoms with E-state index in [4.69, 9.17) is 5.26 Å². The molecule has 0 radical (unpaired) electrons. The van der Waals surface area contributed by atoms with Crippen molar-refractivity contribution in [3.63, 3.8) is 0 Å². The number of hydrogen-bond donors (Lipinski definition) is 2. The number of nitrogens with zero attached hydrogens (tertiary/aromatic N) is 1. The Balaban J connectivity index is 1.84. The first kappa shape index (κ1) is 14.0. The quantitative estimate of drug-likeness (QED) is 0.872. The van der Waals surface area contributed by atoms with E-state index in [9.17, 15) is 5.11 Å². The van der Waals surface area contributed by atoms with Gasteiger partial charge in [-0.3, -0.25) is 0 Å². The van der Waals surface area contributed by atoms with Crippen molar-refractivity contribution in [2.24, 2.45) is 5.41 Å². The summed E-state index contributed by atoms with van der Waals surface area (Å²) in [5.74, 6) is 0. The summed E-state index contributed by atoms with van der Waals surface area (Å²) in [7, 11) is 0. The van der Waals surface area contributed by atoms with E-state index in [1.807, 2.05) is 24.3 Å². The molecule has 0 amide bonds. The summed E-state index contributed by atoms with van der Waals surface area (Å²) in [6.07, 6.45) is 4.19. The minimum absolute atomic E-state index is 0.00481. The van der Waals surface area contributed by atoms with Crippen LogP contribution in [-0.4, -0.2) is 17.8 Å². The minimum Gasteiger partial charge on any atom is -0.393 e. The highest BCUT2D eigenvalue weighted by Crippen LogP contribution is 2.35. The molecule has 1 saturated carbocycles. The van der Waals surface area contributed by atoms with Gasteiger partial charge in [0, 0.05) is 18.5 Å².